The van der Waals surface area contributed by atoms with Gasteiger partial charge in [0.15, 0.2) is 0 Å². The first-order valence-corrected chi connectivity index (χ1v) is 9.55. The Morgan fingerprint density at radius 1 is 1.21 bits per heavy atom. The fourth-order valence-electron chi connectivity index (χ4n) is 3.73. The maximum Gasteiger partial charge on any atom is 0.326 e. The first-order valence-electron chi connectivity index (χ1n) is 9.55. The van der Waals surface area contributed by atoms with E-state index in [0.717, 1.165) is 34.3 Å². The first-order chi connectivity index (χ1) is 13.5. The number of carbonyl (C=O) groups excluding carboxylic acids is 1. The third-order valence-corrected chi connectivity index (χ3v) is 5.04. The van der Waals surface area contributed by atoms with Gasteiger partial charge >= 0.3 is 5.69 Å². The molecule has 6 heteroatoms. The summed E-state index contributed by atoms with van der Waals surface area (Å²) < 4.78 is 6.82. The normalized spacial score (nSPS) is 12.3. The summed E-state index contributed by atoms with van der Waals surface area (Å²) in [6, 6.07) is 13.3. The summed E-state index contributed by atoms with van der Waals surface area (Å²) in [6.45, 7) is 6.42. The number of amides is 1. The molecule has 0 saturated heterocycles. The van der Waals surface area contributed by atoms with E-state index in [-0.39, 0.29) is 24.2 Å². The average Bonchev–Trinajstić information content (AvgIpc) is 2.99. The number of anilines is 1. The smallest absolute Gasteiger partial charge is 0.326 e. The Morgan fingerprint density at radius 3 is 2.68 bits per heavy atom. The van der Waals surface area contributed by atoms with Gasteiger partial charge in [-0.05, 0) is 43.5 Å². The lowest BCUT2D eigenvalue weighted by Crippen LogP contribution is -2.44. The molecule has 0 bridgehead atoms. The topological polar surface area (TPSA) is 67.3 Å². The Bertz CT molecular complexity index is 1030. The lowest BCUT2D eigenvalue weighted by Gasteiger charge is -2.32. The first kappa shape index (κ1) is 19.9. The Labute approximate surface area is 164 Å². The zero-order valence-electron chi connectivity index (χ0n) is 16.9. The maximum atomic E-state index is 13.4. The number of methoxy groups -OCH3 is 1. The van der Waals surface area contributed by atoms with E-state index in [1.807, 2.05) is 56.3 Å². The quantitative estimate of drug-likeness (QED) is 0.683. The van der Waals surface area contributed by atoms with Crippen molar-refractivity contribution in [3.05, 3.63) is 64.1 Å². The van der Waals surface area contributed by atoms with Crippen LogP contribution in [0.4, 0.5) is 5.69 Å². The van der Waals surface area contributed by atoms with Crippen molar-refractivity contribution in [2.24, 2.45) is 0 Å². The second-order valence-electron chi connectivity index (χ2n) is 7.04. The lowest BCUT2D eigenvalue weighted by molar-refractivity contribution is -0.119. The number of hydrogen-bond acceptors (Lipinski definition) is 3. The number of para-hydroxylation sites is 3. The Balaban J connectivity index is 2.05. The molecule has 0 spiro atoms. The highest BCUT2D eigenvalue weighted by molar-refractivity contribution is 5.96. The van der Waals surface area contributed by atoms with Crippen LogP contribution in [0, 0.1) is 6.92 Å². The number of fused-ring (bicyclic) bond motifs is 1. The summed E-state index contributed by atoms with van der Waals surface area (Å²) in [7, 11) is 1.63. The molecule has 3 rings (SSSR count). The van der Waals surface area contributed by atoms with Gasteiger partial charge in [0.25, 0.3) is 0 Å². The molecule has 0 aliphatic carbocycles. The summed E-state index contributed by atoms with van der Waals surface area (Å²) in [5.74, 6) is -0.139. The molecule has 1 N–H and O–H groups in total. The predicted octanol–water partition coefficient (Wildman–Crippen LogP) is 3.27. The standard InChI is InChI=1S/C22H27N3O3/c1-5-17-10-8-9-15(2)21(17)25(16(3)14-28-4)20(26)13-24-19-12-7-6-11-18(19)23-22(24)27/h6-12,16H,5,13-14H2,1-4H3,(H,23,27)/t16-/m1/s1. The van der Waals surface area contributed by atoms with Gasteiger partial charge in [-0.3, -0.25) is 9.36 Å². The molecule has 148 valence electrons. The van der Waals surface area contributed by atoms with E-state index >= 15 is 0 Å². The number of imidazole rings is 1. The zero-order chi connectivity index (χ0) is 20.3. The van der Waals surface area contributed by atoms with Crippen molar-refractivity contribution in [1.29, 1.82) is 0 Å². The van der Waals surface area contributed by atoms with Gasteiger partial charge < -0.3 is 14.6 Å². The SMILES string of the molecule is CCc1cccc(C)c1N(C(=O)Cn1c(=O)[nH]c2ccccc21)[C@H](C)COC. The van der Waals surface area contributed by atoms with Crippen LogP contribution in [0.3, 0.4) is 0 Å². The molecule has 1 amide bonds. The monoisotopic (exact) mass is 381 g/mol. The van der Waals surface area contributed by atoms with Gasteiger partial charge in [-0.1, -0.05) is 37.3 Å². The molecule has 1 aromatic heterocycles. The van der Waals surface area contributed by atoms with Crippen LogP contribution in [0.5, 0.6) is 0 Å². The van der Waals surface area contributed by atoms with Crippen molar-refractivity contribution >= 4 is 22.6 Å². The maximum absolute atomic E-state index is 13.4. The summed E-state index contributed by atoms with van der Waals surface area (Å²) in [6.07, 6.45) is 0.813. The molecule has 0 saturated carbocycles. The highest BCUT2D eigenvalue weighted by Crippen LogP contribution is 2.28. The predicted molar refractivity (Wildman–Crippen MR) is 112 cm³/mol. The third-order valence-electron chi connectivity index (χ3n) is 5.04. The summed E-state index contributed by atoms with van der Waals surface area (Å²) >= 11 is 0. The molecule has 0 fully saturated rings. The van der Waals surface area contributed by atoms with Gasteiger partial charge in [-0.2, -0.15) is 0 Å². The highest BCUT2D eigenvalue weighted by Gasteiger charge is 2.26. The van der Waals surface area contributed by atoms with Crippen LogP contribution >= 0.6 is 0 Å². The molecule has 1 atom stereocenters. The molecule has 0 aliphatic rings. The molecule has 2 aromatic carbocycles. The van der Waals surface area contributed by atoms with Crippen molar-refractivity contribution in [3.63, 3.8) is 0 Å². The molecule has 0 unspecified atom stereocenters. The number of ether oxygens (including phenoxy) is 1. The molecule has 0 radical (unpaired) electrons. The number of H-pyrrole nitrogens is 1. The minimum absolute atomic E-state index is 0.0333. The van der Waals surface area contributed by atoms with E-state index in [4.69, 9.17) is 4.74 Å². The number of benzene rings is 2. The number of nitrogens with zero attached hydrogens (tertiary/aromatic N) is 2. The molecule has 3 aromatic rings. The van der Waals surface area contributed by atoms with Crippen LogP contribution < -0.4 is 10.6 Å². The van der Waals surface area contributed by atoms with Gasteiger partial charge in [0, 0.05) is 7.11 Å². The van der Waals surface area contributed by atoms with E-state index in [2.05, 4.69) is 11.9 Å². The van der Waals surface area contributed by atoms with Crippen molar-refractivity contribution in [3.8, 4) is 0 Å². The third kappa shape index (κ3) is 3.73. The highest BCUT2D eigenvalue weighted by atomic mass is 16.5. The van der Waals surface area contributed by atoms with Crippen molar-refractivity contribution in [2.75, 3.05) is 18.6 Å². The van der Waals surface area contributed by atoms with Crippen molar-refractivity contribution in [2.45, 2.75) is 39.8 Å². The second-order valence-corrected chi connectivity index (χ2v) is 7.04. The van der Waals surface area contributed by atoms with Crippen LogP contribution in [0.2, 0.25) is 0 Å². The van der Waals surface area contributed by atoms with Crippen molar-refractivity contribution < 1.29 is 9.53 Å². The number of rotatable bonds is 7. The van der Waals surface area contributed by atoms with E-state index in [0.29, 0.717) is 6.61 Å². The molecule has 1 heterocycles. The van der Waals surface area contributed by atoms with E-state index in [1.165, 1.54) is 4.57 Å². The number of aromatic nitrogens is 2. The van der Waals surface area contributed by atoms with E-state index in [1.54, 1.807) is 12.0 Å². The van der Waals surface area contributed by atoms with Gasteiger partial charge in [0.1, 0.15) is 6.54 Å². The lowest BCUT2D eigenvalue weighted by atomic mass is 10.0. The Morgan fingerprint density at radius 2 is 1.96 bits per heavy atom. The fraction of sp³-hybridized carbons (Fsp3) is 0.364. The van der Waals surface area contributed by atoms with Crippen LogP contribution in [-0.2, 0) is 22.5 Å². The summed E-state index contributed by atoms with van der Waals surface area (Å²) in [5, 5.41) is 0. The molecule has 0 aliphatic heterocycles. The Kier molecular flexibility index (Phi) is 5.99. The molecule has 28 heavy (non-hydrogen) atoms. The van der Waals surface area contributed by atoms with Crippen molar-refractivity contribution in [1.82, 2.24) is 9.55 Å². The van der Waals surface area contributed by atoms with E-state index < -0.39 is 0 Å². The molecule has 6 nitrogen and oxygen atoms in total. The van der Waals surface area contributed by atoms with Crippen LogP contribution in [-0.4, -0.2) is 35.2 Å². The number of hydrogen-bond donors (Lipinski definition) is 1. The number of aryl methyl sites for hydroxylation is 2. The fourth-order valence-corrected chi connectivity index (χ4v) is 3.73. The van der Waals surface area contributed by atoms with Gasteiger partial charge in [0.2, 0.25) is 5.91 Å². The van der Waals surface area contributed by atoms with Crippen LogP contribution in [0.15, 0.2) is 47.3 Å². The van der Waals surface area contributed by atoms with E-state index in [9.17, 15) is 9.59 Å². The number of nitrogens with one attached hydrogen (secondary N) is 1. The number of carbonyl (C=O) groups is 1. The largest absolute Gasteiger partial charge is 0.383 e. The summed E-state index contributed by atoms with van der Waals surface area (Å²) in [5.41, 5.74) is 4.20. The second kappa shape index (κ2) is 8.44. The Hall–Kier alpha value is -2.86. The van der Waals surface area contributed by atoms with Gasteiger partial charge in [0.05, 0.1) is 29.4 Å². The number of aromatic amines is 1. The summed E-state index contributed by atoms with van der Waals surface area (Å²) in [4.78, 5) is 30.5. The minimum Gasteiger partial charge on any atom is -0.383 e. The van der Waals surface area contributed by atoms with Crippen LogP contribution in [0.25, 0.3) is 11.0 Å². The van der Waals surface area contributed by atoms with Gasteiger partial charge in [-0.15, -0.1) is 0 Å². The van der Waals surface area contributed by atoms with Crippen LogP contribution in [0.1, 0.15) is 25.0 Å². The van der Waals surface area contributed by atoms with Gasteiger partial charge in [-0.25, -0.2) is 4.79 Å². The molecular formula is C22H27N3O3. The zero-order valence-corrected chi connectivity index (χ0v) is 16.9. The minimum atomic E-state index is -0.283. The average molecular weight is 381 g/mol. The molecular weight excluding hydrogens is 354 g/mol.